The smallest absolute Gasteiger partial charge is 0.261 e. The van der Waals surface area contributed by atoms with E-state index in [0.29, 0.717) is 13.1 Å². The lowest BCUT2D eigenvalue weighted by atomic mass is 10.0. The molecule has 8 nitrogen and oxygen atoms in total. The van der Waals surface area contributed by atoms with Crippen molar-refractivity contribution in [1.82, 2.24) is 19.7 Å². The maximum absolute atomic E-state index is 13.5. The van der Waals surface area contributed by atoms with E-state index in [9.17, 15) is 17.6 Å². The molecule has 10 heteroatoms. The molecule has 1 amide bonds. The molecule has 0 aliphatic carbocycles. The van der Waals surface area contributed by atoms with E-state index >= 15 is 0 Å². The van der Waals surface area contributed by atoms with E-state index in [-0.39, 0.29) is 33.7 Å². The number of rotatable bonds is 5. The monoisotopic (exact) mass is 443 g/mol. The molecule has 162 valence electrons. The number of carbonyl (C=O) groups excluding carboxylic acids is 1. The van der Waals surface area contributed by atoms with Crippen LogP contribution in [-0.4, -0.2) is 47.1 Å². The molecule has 1 fully saturated rings. The van der Waals surface area contributed by atoms with Crippen molar-refractivity contribution in [2.75, 3.05) is 17.8 Å². The number of piperidine rings is 1. The summed E-state index contributed by atoms with van der Waals surface area (Å²) in [6.07, 6.45) is 4.63. The van der Waals surface area contributed by atoms with Crippen molar-refractivity contribution in [3.63, 3.8) is 0 Å². The molecule has 1 aromatic heterocycles. The van der Waals surface area contributed by atoms with E-state index in [1.54, 1.807) is 40.2 Å². The van der Waals surface area contributed by atoms with E-state index in [2.05, 4.69) is 14.8 Å². The number of sulfonamides is 1. The van der Waals surface area contributed by atoms with Gasteiger partial charge in [-0.05, 0) is 55.7 Å². The van der Waals surface area contributed by atoms with Crippen LogP contribution in [0.5, 0.6) is 0 Å². The molecule has 3 aromatic rings. The van der Waals surface area contributed by atoms with Crippen LogP contribution in [0.2, 0.25) is 0 Å². The first kappa shape index (κ1) is 21.0. The molecule has 2 aromatic carbocycles. The summed E-state index contributed by atoms with van der Waals surface area (Å²) >= 11 is 0. The Balaban J connectivity index is 1.52. The van der Waals surface area contributed by atoms with Crippen molar-refractivity contribution >= 4 is 21.6 Å². The number of amides is 1. The van der Waals surface area contributed by atoms with Gasteiger partial charge in [-0.3, -0.25) is 9.52 Å². The number of benzene rings is 2. The van der Waals surface area contributed by atoms with Gasteiger partial charge in [-0.2, -0.15) is 5.10 Å². The molecule has 4 rings (SSSR count). The SMILES string of the molecule is Cc1cc(S(=O)(=O)Nc2ccccc2C(=O)N2CCC(n3cncn3)CC2)ccc1F. The predicted octanol–water partition coefficient (Wildman–Crippen LogP) is 3.00. The number of nitrogens with zero attached hydrogens (tertiary/aromatic N) is 4. The topological polar surface area (TPSA) is 97.2 Å². The van der Waals surface area contributed by atoms with Crippen LogP contribution >= 0.6 is 0 Å². The molecule has 1 aliphatic heterocycles. The molecule has 0 unspecified atom stereocenters. The zero-order chi connectivity index (χ0) is 22.0. The van der Waals surface area contributed by atoms with E-state index in [1.807, 2.05) is 0 Å². The number of likely N-dealkylation sites (tertiary alicyclic amines) is 1. The van der Waals surface area contributed by atoms with E-state index < -0.39 is 15.8 Å². The predicted molar refractivity (Wildman–Crippen MR) is 113 cm³/mol. The van der Waals surface area contributed by atoms with Crippen LogP contribution in [0.15, 0.2) is 60.0 Å². The van der Waals surface area contributed by atoms with Gasteiger partial charge in [0, 0.05) is 13.1 Å². The second-order valence-electron chi connectivity index (χ2n) is 7.46. The van der Waals surface area contributed by atoms with Crippen molar-refractivity contribution in [3.05, 3.63) is 72.1 Å². The minimum absolute atomic E-state index is 0.0673. The second-order valence-corrected chi connectivity index (χ2v) is 9.14. The zero-order valence-corrected chi connectivity index (χ0v) is 17.7. The minimum atomic E-state index is -3.98. The van der Waals surface area contributed by atoms with Gasteiger partial charge in [0.05, 0.1) is 22.2 Å². The van der Waals surface area contributed by atoms with Gasteiger partial charge in [0.15, 0.2) is 0 Å². The van der Waals surface area contributed by atoms with Crippen LogP contribution in [0.3, 0.4) is 0 Å². The van der Waals surface area contributed by atoms with E-state index in [0.717, 1.165) is 18.9 Å². The van der Waals surface area contributed by atoms with Crippen molar-refractivity contribution < 1.29 is 17.6 Å². The van der Waals surface area contributed by atoms with Gasteiger partial charge in [0.2, 0.25) is 0 Å². The Morgan fingerprint density at radius 2 is 1.90 bits per heavy atom. The van der Waals surface area contributed by atoms with Gasteiger partial charge in [-0.25, -0.2) is 22.5 Å². The quantitative estimate of drug-likeness (QED) is 0.654. The number of hydrogen-bond donors (Lipinski definition) is 1. The van der Waals surface area contributed by atoms with Crippen molar-refractivity contribution in [1.29, 1.82) is 0 Å². The van der Waals surface area contributed by atoms with Crippen LogP contribution in [-0.2, 0) is 10.0 Å². The fraction of sp³-hybridized carbons (Fsp3) is 0.286. The first-order valence-electron chi connectivity index (χ1n) is 9.86. The number of anilines is 1. The number of halogens is 1. The fourth-order valence-corrected chi connectivity index (χ4v) is 4.82. The molecular weight excluding hydrogens is 421 g/mol. The summed E-state index contributed by atoms with van der Waals surface area (Å²) in [5, 5.41) is 4.16. The molecular formula is C21H22FN5O3S. The van der Waals surface area contributed by atoms with Gasteiger partial charge in [0.1, 0.15) is 18.5 Å². The molecule has 1 N–H and O–H groups in total. The van der Waals surface area contributed by atoms with Gasteiger partial charge >= 0.3 is 0 Å². The summed E-state index contributed by atoms with van der Waals surface area (Å²) in [4.78, 5) is 18.8. The summed E-state index contributed by atoms with van der Waals surface area (Å²) < 4.78 is 43.4. The molecule has 0 bridgehead atoms. The van der Waals surface area contributed by atoms with Crippen LogP contribution in [0, 0.1) is 12.7 Å². The van der Waals surface area contributed by atoms with Crippen molar-refractivity contribution in [2.24, 2.45) is 0 Å². The fourth-order valence-electron chi connectivity index (χ4n) is 3.66. The Bertz CT molecular complexity index is 1190. The second kappa shape index (κ2) is 8.46. The Hall–Kier alpha value is -3.27. The van der Waals surface area contributed by atoms with Crippen LogP contribution in [0.25, 0.3) is 0 Å². The van der Waals surface area contributed by atoms with Crippen LogP contribution < -0.4 is 4.72 Å². The first-order valence-corrected chi connectivity index (χ1v) is 11.3. The number of aryl methyl sites for hydroxylation is 1. The highest BCUT2D eigenvalue weighted by Gasteiger charge is 2.27. The molecule has 1 aliphatic rings. The summed E-state index contributed by atoms with van der Waals surface area (Å²) in [7, 11) is -3.98. The van der Waals surface area contributed by atoms with Crippen molar-refractivity contribution in [2.45, 2.75) is 30.7 Å². The standard InChI is InChI=1S/C21H22FN5O3S/c1-15-12-17(6-7-19(15)22)31(29,30)25-20-5-3-2-4-18(20)21(28)26-10-8-16(9-11-26)27-14-23-13-24-27/h2-7,12-14,16,25H,8-11H2,1H3. The highest BCUT2D eigenvalue weighted by Crippen LogP contribution is 2.26. The lowest BCUT2D eigenvalue weighted by molar-refractivity contribution is 0.0691. The molecule has 1 saturated heterocycles. The highest BCUT2D eigenvalue weighted by atomic mass is 32.2. The van der Waals surface area contributed by atoms with E-state index in [4.69, 9.17) is 0 Å². The van der Waals surface area contributed by atoms with Gasteiger partial charge in [0.25, 0.3) is 15.9 Å². The Kier molecular flexibility index (Phi) is 5.73. The van der Waals surface area contributed by atoms with Gasteiger partial charge in [-0.1, -0.05) is 12.1 Å². The Morgan fingerprint density at radius 3 is 2.58 bits per heavy atom. The minimum Gasteiger partial charge on any atom is -0.338 e. The normalized spacial score (nSPS) is 15.1. The zero-order valence-electron chi connectivity index (χ0n) is 16.9. The lowest BCUT2D eigenvalue weighted by Gasteiger charge is -2.32. The number of hydrogen-bond acceptors (Lipinski definition) is 5. The Labute approximate surface area is 179 Å². The average Bonchev–Trinajstić information content (AvgIpc) is 3.30. The molecule has 31 heavy (non-hydrogen) atoms. The lowest BCUT2D eigenvalue weighted by Crippen LogP contribution is -2.39. The number of carbonyl (C=O) groups is 1. The maximum atomic E-state index is 13.5. The largest absolute Gasteiger partial charge is 0.338 e. The summed E-state index contributed by atoms with van der Waals surface area (Å²) in [6, 6.07) is 10.2. The average molecular weight is 444 g/mol. The molecule has 2 heterocycles. The number of nitrogens with one attached hydrogen (secondary N) is 1. The van der Waals surface area contributed by atoms with Crippen LogP contribution in [0.4, 0.5) is 10.1 Å². The maximum Gasteiger partial charge on any atom is 0.261 e. The highest BCUT2D eigenvalue weighted by molar-refractivity contribution is 7.92. The summed E-state index contributed by atoms with van der Waals surface area (Å²) in [6.45, 7) is 2.55. The third kappa shape index (κ3) is 4.43. The van der Waals surface area contributed by atoms with Crippen LogP contribution in [0.1, 0.15) is 34.8 Å². The Morgan fingerprint density at radius 1 is 1.16 bits per heavy atom. The molecule has 0 spiro atoms. The summed E-state index contributed by atoms with van der Waals surface area (Å²) in [5.41, 5.74) is 0.680. The molecule has 0 radical (unpaired) electrons. The number of para-hydroxylation sites is 1. The van der Waals surface area contributed by atoms with E-state index in [1.165, 1.54) is 25.4 Å². The van der Waals surface area contributed by atoms with Crippen molar-refractivity contribution in [3.8, 4) is 0 Å². The number of aromatic nitrogens is 3. The third-order valence-electron chi connectivity index (χ3n) is 5.40. The van der Waals surface area contributed by atoms with Gasteiger partial charge < -0.3 is 4.90 Å². The third-order valence-corrected chi connectivity index (χ3v) is 6.77. The van der Waals surface area contributed by atoms with Gasteiger partial charge in [-0.15, -0.1) is 0 Å². The molecule has 0 saturated carbocycles. The molecule has 0 atom stereocenters. The summed E-state index contributed by atoms with van der Waals surface area (Å²) in [5.74, 6) is -0.727. The first-order chi connectivity index (χ1) is 14.8.